The Bertz CT molecular complexity index is 668. The minimum atomic E-state index is 1.00. The van der Waals surface area contributed by atoms with E-state index in [1.165, 1.54) is 5.56 Å². The molecule has 0 atom stereocenters. The van der Waals surface area contributed by atoms with E-state index in [4.69, 9.17) is 0 Å². The highest BCUT2D eigenvalue weighted by atomic mass is 79.9. The van der Waals surface area contributed by atoms with Crippen molar-refractivity contribution in [3.8, 4) is 11.3 Å². The molecule has 2 nitrogen and oxygen atoms in total. The zero-order chi connectivity index (χ0) is 11.8. The normalized spacial score (nSPS) is 10.9. The zero-order valence-corrected chi connectivity index (χ0v) is 11.0. The molecule has 0 fully saturated rings. The maximum absolute atomic E-state index is 4.55. The number of hydrogen-bond donors (Lipinski definition) is 0. The smallest absolute Gasteiger partial charge is 0.0933 e. The van der Waals surface area contributed by atoms with Gasteiger partial charge in [-0.1, -0.05) is 45.8 Å². The van der Waals surface area contributed by atoms with Gasteiger partial charge in [0.1, 0.15) is 0 Å². The van der Waals surface area contributed by atoms with Crippen molar-refractivity contribution in [3.63, 3.8) is 0 Å². The van der Waals surface area contributed by atoms with Gasteiger partial charge in [-0.05, 0) is 25.1 Å². The molecule has 17 heavy (non-hydrogen) atoms. The van der Waals surface area contributed by atoms with Crippen LogP contribution in [-0.4, -0.2) is 9.61 Å². The molecule has 0 aliphatic rings. The SMILES string of the molecule is Cc1ccc(-c2cc3cc(Br)ccn3n2)cc1. The Morgan fingerprint density at radius 1 is 1.06 bits per heavy atom. The molecule has 0 radical (unpaired) electrons. The van der Waals surface area contributed by atoms with Gasteiger partial charge >= 0.3 is 0 Å². The van der Waals surface area contributed by atoms with E-state index >= 15 is 0 Å². The van der Waals surface area contributed by atoms with Crippen LogP contribution in [0.5, 0.6) is 0 Å². The molecule has 0 aliphatic carbocycles. The molecule has 3 aromatic rings. The third-order valence-corrected chi connectivity index (χ3v) is 3.27. The zero-order valence-electron chi connectivity index (χ0n) is 9.39. The highest BCUT2D eigenvalue weighted by molar-refractivity contribution is 9.10. The number of halogens is 1. The number of rotatable bonds is 1. The van der Waals surface area contributed by atoms with E-state index in [1.807, 2.05) is 16.8 Å². The average Bonchev–Trinajstić information content (AvgIpc) is 2.72. The Hall–Kier alpha value is -1.61. The molecule has 0 bridgehead atoms. The van der Waals surface area contributed by atoms with Crippen molar-refractivity contribution in [2.24, 2.45) is 0 Å². The number of nitrogens with zero attached hydrogens (tertiary/aromatic N) is 2. The minimum Gasteiger partial charge on any atom is -0.240 e. The Kier molecular flexibility index (Phi) is 2.48. The first-order valence-electron chi connectivity index (χ1n) is 5.44. The van der Waals surface area contributed by atoms with E-state index in [2.05, 4.69) is 64.4 Å². The van der Waals surface area contributed by atoms with Gasteiger partial charge in [0.2, 0.25) is 0 Å². The van der Waals surface area contributed by atoms with E-state index < -0.39 is 0 Å². The van der Waals surface area contributed by atoms with Gasteiger partial charge in [-0.2, -0.15) is 5.10 Å². The van der Waals surface area contributed by atoms with Crippen molar-refractivity contribution < 1.29 is 0 Å². The van der Waals surface area contributed by atoms with E-state index in [9.17, 15) is 0 Å². The standard InChI is InChI=1S/C14H11BrN2/c1-10-2-4-11(5-3-10)14-9-13-8-12(15)6-7-17(13)16-14/h2-9H,1H3. The molecule has 3 heteroatoms. The Labute approximate surface area is 108 Å². The van der Waals surface area contributed by atoms with E-state index in [1.54, 1.807) is 0 Å². The topological polar surface area (TPSA) is 17.3 Å². The fourth-order valence-electron chi connectivity index (χ4n) is 1.83. The molecule has 0 spiro atoms. The maximum atomic E-state index is 4.55. The summed E-state index contributed by atoms with van der Waals surface area (Å²) in [6, 6.07) is 14.6. The van der Waals surface area contributed by atoms with Gasteiger partial charge in [-0.3, -0.25) is 0 Å². The van der Waals surface area contributed by atoms with E-state index in [-0.39, 0.29) is 0 Å². The molecular formula is C14H11BrN2. The van der Waals surface area contributed by atoms with Crippen LogP contribution in [0.4, 0.5) is 0 Å². The molecule has 0 aliphatic heterocycles. The predicted molar refractivity (Wildman–Crippen MR) is 73.1 cm³/mol. The first-order chi connectivity index (χ1) is 8.22. The lowest BCUT2D eigenvalue weighted by Crippen LogP contribution is -1.85. The molecule has 3 rings (SSSR count). The third-order valence-electron chi connectivity index (χ3n) is 2.77. The summed E-state index contributed by atoms with van der Waals surface area (Å²) in [7, 11) is 0. The van der Waals surface area contributed by atoms with Gasteiger partial charge < -0.3 is 0 Å². The van der Waals surface area contributed by atoms with Gasteiger partial charge in [0, 0.05) is 16.2 Å². The van der Waals surface area contributed by atoms with Crippen LogP contribution in [0.3, 0.4) is 0 Å². The second kappa shape index (κ2) is 4.00. The lowest BCUT2D eigenvalue weighted by Gasteiger charge is -1.96. The molecule has 0 N–H and O–H groups in total. The van der Waals surface area contributed by atoms with Crippen LogP contribution in [0, 0.1) is 6.92 Å². The van der Waals surface area contributed by atoms with Gasteiger partial charge in [-0.25, -0.2) is 4.52 Å². The van der Waals surface area contributed by atoms with Crippen molar-refractivity contribution in [2.45, 2.75) is 6.92 Å². The number of fused-ring (bicyclic) bond motifs is 1. The van der Waals surface area contributed by atoms with Crippen LogP contribution in [-0.2, 0) is 0 Å². The summed E-state index contributed by atoms with van der Waals surface area (Å²) in [6.45, 7) is 2.09. The number of aromatic nitrogens is 2. The molecule has 0 saturated heterocycles. The van der Waals surface area contributed by atoms with Crippen molar-refractivity contribution >= 4 is 21.4 Å². The van der Waals surface area contributed by atoms with Gasteiger partial charge in [0.15, 0.2) is 0 Å². The number of hydrogen-bond acceptors (Lipinski definition) is 1. The summed E-state index contributed by atoms with van der Waals surface area (Å²) in [5.74, 6) is 0. The van der Waals surface area contributed by atoms with Crippen molar-refractivity contribution in [3.05, 3.63) is 58.7 Å². The van der Waals surface area contributed by atoms with Gasteiger partial charge in [-0.15, -0.1) is 0 Å². The molecule has 0 amide bonds. The third kappa shape index (κ3) is 1.98. The summed E-state index contributed by atoms with van der Waals surface area (Å²) in [4.78, 5) is 0. The second-order valence-corrected chi connectivity index (χ2v) is 5.03. The maximum Gasteiger partial charge on any atom is 0.0933 e. The average molecular weight is 287 g/mol. The van der Waals surface area contributed by atoms with Crippen LogP contribution in [0.2, 0.25) is 0 Å². The van der Waals surface area contributed by atoms with Crippen LogP contribution >= 0.6 is 15.9 Å². The van der Waals surface area contributed by atoms with E-state index in [0.29, 0.717) is 0 Å². The summed E-state index contributed by atoms with van der Waals surface area (Å²) < 4.78 is 2.96. The Morgan fingerprint density at radius 3 is 2.59 bits per heavy atom. The summed E-state index contributed by atoms with van der Waals surface area (Å²) in [5, 5.41) is 4.55. The number of benzene rings is 1. The number of pyridine rings is 1. The molecule has 0 saturated carbocycles. The highest BCUT2D eigenvalue weighted by Crippen LogP contribution is 2.21. The quantitative estimate of drug-likeness (QED) is 0.659. The largest absolute Gasteiger partial charge is 0.240 e. The Morgan fingerprint density at radius 2 is 1.82 bits per heavy atom. The summed E-state index contributed by atoms with van der Waals surface area (Å²) in [5.41, 5.74) is 4.51. The predicted octanol–water partition coefficient (Wildman–Crippen LogP) is 4.07. The molecule has 0 unspecified atom stereocenters. The molecule has 1 aromatic carbocycles. The summed E-state index contributed by atoms with van der Waals surface area (Å²) in [6.07, 6.45) is 1.96. The fourth-order valence-corrected chi connectivity index (χ4v) is 2.19. The van der Waals surface area contributed by atoms with Crippen LogP contribution in [0.25, 0.3) is 16.8 Å². The minimum absolute atomic E-state index is 1.00. The molecule has 2 heterocycles. The second-order valence-electron chi connectivity index (χ2n) is 4.11. The lowest BCUT2D eigenvalue weighted by atomic mass is 10.1. The monoisotopic (exact) mass is 286 g/mol. The van der Waals surface area contributed by atoms with E-state index in [0.717, 1.165) is 21.2 Å². The highest BCUT2D eigenvalue weighted by Gasteiger charge is 2.04. The van der Waals surface area contributed by atoms with Crippen LogP contribution < -0.4 is 0 Å². The van der Waals surface area contributed by atoms with Crippen LogP contribution in [0.15, 0.2) is 53.1 Å². The van der Waals surface area contributed by atoms with Crippen LogP contribution in [0.1, 0.15) is 5.56 Å². The fraction of sp³-hybridized carbons (Fsp3) is 0.0714. The molecule has 2 aromatic heterocycles. The van der Waals surface area contributed by atoms with Crippen molar-refractivity contribution in [1.82, 2.24) is 9.61 Å². The first-order valence-corrected chi connectivity index (χ1v) is 6.24. The van der Waals surface area contributed by atoms with Gasteiger partial charge in [0.25, 0.3) is 0 Å². The van der Waals surface area contributed by atoms with Crippen molar-refractivity contribution in [2.75, 3.05) is 0 Å². The van der Waals surface area contributed by atoms with Gasteiger partial charge in [0.05, 0.1) is 11.2 Å². The Balaban J connectivity index is 2.14. The lowest BCUT2D eigenvalue weighted by molar-refractivity contribution is 0.964. The molecule has 84 valence electrons. The van der Waals surface area contributed by atoms with Crippen molar-refractivity contribution in [1.29, 1.82) is 0 Å². The number of aryl methyl sites for hydroxylation is 1. The first kappa shape index (κ1) is 10.5. The summed E-state index contributed by atoms with van der Waals surface area (Å²) >= 11 is 3.47. The molecular weight excluding hydrogens is 276 g/mol.